The number of hydrogen-bond donors (Lipinski definition) is 0. The van der Waals surface area contributed by atoms with Crippen LogP contribution in [0.15, 0.2) is 28.7 Å². The Hall–Kier alpha value is -1.22. The number of halogens is 1. The molecule has 16 heavy (non-hydrogen) atoms. The van der Waals surface area contributed by atoms with Crippen LogP contribution in [0.5, 0.6) is 0 Å². The summed E-state index contributed by atoms with van der Waals surface area (Å²) in [5.41, 5.74) is 4.37. The highest BCUT2D eigenvalue weighted by Crippen LogP contribution is 2.25. The van der Waals surface area contributed by atoms with Gasteiger partial charge in [0.1, 0.15) is 5.82 Å². The molecule has 1 aromatic carbocycles. The first kappa shape index (κ1) is 11.3. The van der Waals surface area contributed by atoms with Crippen LogP contribution in [-0.2, 0) is 0 Å². The van der Waals surface area contributed by atoms with E-state index >= 15 is 0 Å². The molecule has 0 aliphatic heterocycles. The van der Waals surface area contributed by atoms with E-state index in [1.165, 1.54) is 5.56 Å². The van der Waals surface area contributed by atoms with Crippen molar-refractivity contribution in [2.75, 3.05) is 0 Å². The summed E-state index contributed by atoms with van der Waals surface area (Å²) < 4.78 is 1.07. The predicted molar refractivity (Wildman–Crippen MR) is 69.4 cm³/mol. The lowest BCUT2D eigenvalue weighted by Gasteiger charge is -2.07. The second-order valence-electron chi connectivity index (χ2n) is 3.90. The van der Waals surface area contributed by atoms with Gasteiger partial charge in [0.15, 0.2) is 0 Å². The number of hydrogen-bond acceptors (Lipinski definition) is 2. The van der Waals surface area contributed by atoms with Gasteiger partial charge >= 0.3 is 0 Å². The van der Waals surface area contributed by atoms with Gasteiger partial charge in [-0.2, -0.15) is 0 Å². The number of aromatic nitrogens is 2. The first-order valence-electron chi connectivity index (χ1n) is 5.15. The largest absolute Gasteiger partial charge is 0.239 e. The Morgan fingerprint density at radius 1 is 1.00 bits per heavy atom. The quantitative estimate of drug-likeness (QED) is 0.791. The molecule has 1 heterocycles. The van der Waals surface area contributed by atoms with Gasteiger partial charge in [-0.25, -0.2) is 9.97 Å². The molecule has 82 valence electrons. The Kier molecular flexibility index (Phi) is 3.06. The normalized spacial score (nSPS) is 10.5. The predicted octanol–water partition coefficient (Wildman–Crippen LogP) is 3.83. The van der Waals surface area contributed by atoms with E-state index in [1.54, 1.807) is 0 Å². The topological polar surface area (TPSA) is 25.8 Å². The van der Waals surface area contributed by atoms with Gasteiger partial charge in [0, 0.05) is 15.7 Å². The summed E-state index contributed by atoms with van der Waals surface area (Å²) in [6.07, 6.45) is 0. The molecular weight excluding hydrogens is 264 g/mol. The van der Waals surface area contributed by atoms with Gasteiger partial charge in [-0.1, -0.05) is 22.0 Å². The molecule has 0 saturated carbocycles. The van der Waals surface area contributed by atoms with E-state index in [9.17, 15) is 0 Å². The highest BCUT2D eigenvalue weighted by Gasteiger charge is 2.05. The highest BCUT2D eigenvalue weighted by molar-refractivity contribution is 9.10. The van der Waals surface area contributed by atoms with E-state index in [1.807, 2.05) is 26.0 Å². The molecular formula is C13H13BrN2. The van der Waals surface area contributed by atoms with Crippen molar-refractivity contribution in [2.24, 2.45) is 0 Å². The molecule has 0 bridgehead atoms. The maximum absolute atomic E-state index is 4.47. The molecule has 0 atom stereocenters. The van der Waals surface area contributed by atoms with E-state index in [2.05, 4.69) is 45.0 Å². The maximum atomic E-state index is 4.47. The van der Waals surface area contributed by atoms with Gasteiger partial charge in [-0.05, 0) is 44.5 Å². The van der Waals surface area contributed by atoms with Gasteiger partial charge < -0.3 is 0 Å². The van der Waals surface area contributed by atoms with E-state index in [0.29, 0.717) is 0 Å². The molecule has 0 aliphatic rings. The SMILES string of the molecule is Cc1cc(-c2cc(Br)ccc2C)nc(C)n1. The Balaban J connectivity index is 2.62. The number of benzene rings is 1. The van der Waals surface area contributed by atoms with Crippen molar-refractivity contribution in [2.45, 2.75) is 20.8 Å². The van der Waals surface area contributed by atoms with Gasteiger partial charge in [0.2, 0.25) is 0 Å². The van der Waals surface area contributed by atoms with Crippen molar-refractivity contribution in [1.82, 2.24) is 9.97 Å². The fraction of sp³-hybridized carbons (Fsp3) is 0.231. The molecule has 0 unspecified atom stereocenters. The minimum absolute atomic E-state index is 0.814. The lowest BCUT2D eigenvalue weighted by molar-refractivity contribution is 1.01. The van der Waals surface area contributed by atoms with Crippen molar-refractivity contribution in [3.8, 4) is 11.3 Å². The second-order valence-corrected chi connectivity index (χ2v) is 4.82. The Morgan fingerprint density at radius 3 is 2.44 bits per heavy atom. The van der Waals surface area contributed by atoms with Crippen molar-refractivity contribution < 1.29 is 0 Å². The highest BCUT2D eigenvalue weighted by atomic mass is 79.9. The van der Waals surface area contributed by atoms with Crippen LogP contribution in [0.3, 0.4) is 0 Å². The zero-order chi connectivity index (χ0) is 11.7. The summed E-state index contributed by atoms with van der Waals surface area (Å²) in [7, 11) is 0. The van der Waals surface area contributed by atoms with E-state index in [0.717, 1.165) is 27.2 Å². The van der Waals surface area contributed by atoms with Gasteiger partial charge in [-0.3, -0.25) is 0 Å². The van der Waals surface area contributed by atoms with E-state index < -0.39 is 0 Å². The molecule has 2 rings (SSSR count). The maximum Gasteiger partial charge on any atom is 0.126 e. The van der Waals surface area contributed by atoms with Crippen molar-refractivity contribution in [1.29, 1.82) is 0 Å². The molecule has 2 aromatic rings. The van der Waals surface area contributed by atoms with Crippen LogP contribution >= 0.6 is 15.9 Å². The minimum atomic E-state index is 0.814. The van der Waals surface area contributed by atoms with Crippen molar-refractivity contribution >= 4 is 15.9 Å². The van der Waals surface area contributed by atoms with Crippen LogP contribution in [0.2, 0.25) is 0 Å². The van der Waals surface area contributed by atoms with E-state index in [-0.39, 0.29) is 0 Å². The third-order valence-corrected chi connectivity index (χ3v) is 2.93. The molecule has 3 heteroatoms. The van der Waals surface area contributed by atoms with Crippen LogP contribution in [0.4, 0.5) is 0 Å². The molecule has 2 nitrogen and oxygen atoms in total. The molecule has 0 spiro atoms. The fourth-order valence-corrected chi connectivity index (χ4v) is 2.09. The zero-order valence-corrected chi connectivity index (χ0v) is 11.2. The molecule has 1 aromatic heterocycles. The molecule has 0 N–H and O–H groups in total. The smallest absolute Gasteiger partial charge is 0.126 e. The first-order valence-corrected chi connectivity index (χ1v) is 5.94. The molecule has 0 aliphatic carbocycles. The average molecular weight is 277 g/mol. The fourth-order valence-electron chi connectivity index (χ4n) is 1.73. The Labute approximate surface area is 104 Å². The molecule has 0 amide bonds. The minimum Gasteiger partial charge on any atom is -0.239 e. The summed E-state index contributed by atoms with van der Waals surface area (Å²) in [5.74, 6) is 0.814. The summed E-state index contributed by atoms with van der Waals surface area (Å²) in [6.45, 7) is 6.00. The average Bonchev–Trinajstić information content (AvgIpc) is 2.20. The van der Waals surface area contributed by atoms with Gasteiger partial charge in [-0.15, -0.1) is 0 Å². The van der Waals surface area contributed by atoms with E-state index in [4.69, 9.17) is 0 Å². The number of nitrogens with zero attached hydrogens (tertiary/aromatic N) is 2. The third-order valence-electron chi connectivity index (χ3n) is 2.44. The van der Waals surface area contributed by atoms with Gasteiger partial charge in [0.25, 0.3) is 0 Å². The van der Waals surface area contributed by atoms with Crippen LogP contribution in [0.25, 0.3) is 11.3 Å². The summed E-state index contributed by atoms with van der Waals surface area (Å²) in [5, 5.41) is 0. The van der Waals surface area contributed by atoms with Gasteiger partial charge in [0.05, 0.1) is 5.69 Å². The molecule has 0 saturated heterocycles. The van der Waals surface area contributed by atoms with Crippen molar-refractivity contribution in [3.05, 3.63) is 45.8 Å². The lowest BCUT2D eigenvalue weighted by Crippen LogP contribution is -1.95. The molecule has 0 radical (unpaired) electrons. The zero-order valence-electron chi connectivity index (χ0n) is 9.58. The second kappa shape index (κ2) is 4.34. The Bertz CT molecular complexity index is 515. The Morgan fingerprint density at radius 2 is 1.75 bits per heavy atom. The van der Waals surface area contributed by atoms with Crippen LogP contribution in [0, 0.1) is 20.8 Å². The first-order chi connectivity index (χ1) is 7.56. The van der Waals surface area contributed by atoms with Crippen LogP contribution < -0.4 is 0 Å². The monoisotopic (exact) mass is 276 g/mol. The number of rotatable bonds is 1. The molecule has 0 fully saturated rings. The van der Waals surface area contributed by atoms with Crippen LogP contribution in [-0.4, -0.2) is 9.97 Å². The summed E-state index contributed by atoms with van der Waals surface area (Å²) in [4.78, 5) is 8.76. The summed E-state index contributed by atoms with van der Waals surface area (Å²) >= 11 is 3.49. The summed E-state index contributed by atoms with van der Waals surface area (Å²) in [6, 6.07) is 8.24. The van der Waals surface area contributed by atoms with Crippen LogP contribution in [0.1, 0.15) is 17.1 Å². The lowest BCUT2D eigenvalue weighted by atomic mass is 10.1. The van der Waals surface area contributed by atoms with Crippen molar-refractivity contribution in [3.63, 3.8) is 0 Å². The number of aryl methyl sites for hydroxylation is 3. The standard InChI is InChI=1S/C13H13BrN2/c1-8-4-5-11(14)7-12(8)13-6-9(2)15-10(3)16-13/h4-7H,1-3H3. The third kappa shape index (κ3) is 2.30.